The van der Waals surface area contributed by atoms with Gasteiger partial charge < -0.3 is 33.6 Å². The van der Waals surface area contributed by atoms with Crippen LogP contribution in [0.5, 0.6) is 17.5 Å². The number of methoxy groups -OCH3 is 1. The number of fused-ring (bicyclic) bond motifs is 2. The van der Waals surface area contributed by atoms with Gasteiger partial charge in [-0.2, -0.15) is 9.97 Å². The Kier molecular flexibility index (Phi) is 11.9. The van der Waals surface area contributed by atoms with Crippen molar-refractivity contribution in [2.24, 2.45) is 11.8 Å². The Morgan fingerprint density at radius 3 is 1.74 bits per heavy atom. The van der Waals surface area contributed by atoms with Crippen molar-refractivity contribution >= 4 is 57.1 Å². The van der Waals surface area contributed by atoms with Gasteiger partial charge in [0, 0.05) is 62.0 Å². The molecule has 0 bridgehead atoms. The number of carbonyl (C=O) groups excluding carboxylic acids is 2. The van der Waals surface area contributed by atoms with Crippen molar-refractivity contribution in [1.82, 2.24) is 39.3 Å². The molecule has 2 fully saturated rings. The standard InChI is InChI=1S/C24H29ClN4O3.C15H19ClN4O2/c1-14(2)29-13-26-20-11-21(25)27-24(23(20)29)32-16(4)18-10-22(30)28(12-18)15(3)17-6-8-19(31-5)9-7-17;1-8(2)20-7-18-11-5-12(16)19-15(14(11)20)22-9(3)10-4-13(21)17-6-10/h6-9,11,13-16,18H,10,12H2,1-5H3;5,7-10H,4,6H2,1-3H3,(H,17,21)/t15-,16-,18-;9-,10-/m11/s1. The molecule has 15 heteroatoms. The SMILES string of the molecule is CC(C)n1cnc2cc(Cl)nc(O[C@H](C)[C@H]3CNC(=O)C3)c21.COc1ccc([C@@H](C)N2C[C@H]([C@@H](C)Oc3nc(Cl)cc4ncn(C(C)C)c34)CC2=O)cc1. The summed E-state index contributed by atoms with van der Waals surface area (Å²) in [6.07, 6.45) is 4.12. The monoisotopic (exact) mass is 778 g/mol. The molecule has 6 heterocycles. The van der Waals surface area contributed by atoms with Gasteiger partial charge in [0.2, 0.25) is 23.6 Å². The van der Waals surface area contributed by atoms with Gasteiger partial charge in [-0.1, -0.05) is 35.3 Å². The molecule has 0 spiro atoms. The molecular formula is C39H48Cl2N8O5. The van der Waals surface area contributed by atoms with Gasteiger partial charge in [-0.05, 0) is 66.2 Å². The molecule has 0 radical (unpaired) electrons. The largest absolute Gasteiger partial charge is 0.497 e. The minimum atomic E-state index is -0.211. The Hall–Kier alpha value is -4.62. The molecule has 288 valence electrons. The Morgan fingerprint density at radius 1 is 0.759 bits per heavy atom. The first-order chi connectivity index (χ1) is 25.7. The van der Waals surface area contributed by atoms with Crippen LogP contribution in [0.2, 0.25) is 10.3 Å². The molecule has 54 heavy (non-hydrogen) atoms. The fourth-order valence-electron chi connectivity index (χ4n) is 6.96. The highest BCUT2D eigenvalue weighted by atomic mass is 35.5. The molecular weight excluding hydrogens is 731 g/mol. The van der Waals surface area contributed by atoms with E-state index >= 15 is 0 Å². The van der Waals surface area contributed by atoms with Crippen molar-refractivity contribution in [3.05, 3.63) is 64.9 Å². The van der Waals surface area contributed by atoms with E-state index in [1.54, 1.807) is 31.9 Å². The fourth-order valence-corrected chi connectivity index (χ4v) is 7.32. The molecule has 4 aromatic heterocycles. The summed E-state index contributed by atoms with van der Waals surface area (Å²) in [7, 11) is 1.64. The fraction of sp³-hybridized carbons (Fsp3) is 0.487. The predicted molar refractivity (Wildman–Crippen MR) is 208 cm³/mol. The van der Waals surface area contributed by atoms with Crippen LogP contribution >= 0.6 is 23.2 Å². The van der Waals surface area contributed by atoms with E-state index < -0.39 is 0 Å². The van der Waals surface area contributed by atoms with Crippen LogP contribution in [-0.4, -0.2) is 78.2 Å². The molecule has 1 aromatic carbocycles. The molecule has 2 amide bonds. The van der Waals surface area contributed by atoms with Crippen LogP contribution in [-0.2, 0) is 9.59 Å². The van der Waals surface area contributed by atoms with Gasteiger partial charge in [0.1, 0.15) is 39.3 Å². The van der Waals surface area contributed by atoms with Gasteiger partial charge in [-0.15, -0.1) is 0 Å². The number of benzene rings is 1. The van der Waals surface area contributed by atoms with Gasteiger partial charge in [0.05, 0.1) is 36.8 Å². The summed E-state index contributed by atoms with van der Waals surface area (Å²) in [4.78, 5) is 43.7. The molecule has 7 rings (SSSR count). The summed E-state index contributed by atoms with van der Waals surface area (Å²) in [5.41, 5.74) is 4.25. The maximum Gasteiger partial charge on any atom is 0.241 e. The Morgan fingerprint density at radius 2 is 1.28 bits per heavy atom. The first-order valence-electron chi connectivity index (χ1n) is 18.3. The highest BCUT2D eigenvalue weighted by molar-refractivity contribution is 6.30. The molecule has 5 aromatic rings. The summed E-state index contributed by atoms with van der Waals surface area (Å²) in [6, 6.07) is 11.7. The number of likely N-dealkylation sites (tertiary alicyclic amines) is 1. The molecule has 0 saturated carbocycles. The van der Waals surface area contributed by atoms with Gasteiger partial charge in [-0.3, -0.25) is 9.59 Å². The number of pyridine rings is 2. The molecule has 2 saturated heterocycles. The minimum Gasteiger partial charge on any atom is -0.497 e. The summed E-state index contributed by atoms with van der Waals surface area (Å²) in [5.74, 6) is 2.12. The molecule has 5 atom stereocenters. The van der Waals surface area contributed by atoms with E-state index in [2.05, 4.69) is 59.9 Å². The summed E-state index contributed by atoms with van der Waals surface area (Å²) >= 11 is 12.3. The first kappa shape index (κ1) is 39.1. The smallest absolute Gasteiger partial charge is 0.241 e. The van der Waals surface area contributed by atoms with E-state index in [0.717, 1.165) is 33.4 Å². The molecule has 13 nitrogen and oxygen atoms in total. The highest BCUT2D eigenvalue weighted by Crippen LogP contribution is 2.35. The third-order valence-electron chi connectivity index (χ3n) is 10.3. The van der Waals surface area contributed by atoms with Crippen molar-refractivity contribution in [3.8, 4) is 17.5 Å². The lowest BCUT2D eigenvalue weighted by molar-refractivity contribution is -0.129. The number of ether oxygens (including phenoxy) is 3. The lowest BCUT2D eigenvalue weighted by atomic mass is 10.0. The zero-order valence-electron chi connectivity index (χ0n) is 31.9. The Bertz CT molecular complexity index is 2120. The number of nitrogens with one attached hydrogen (secondary N) is 1. The number of imidazole rings is 2. The highest BCUT2D eigenvalue weighted by Gasteiger charge is 2.37. The van der Waals surface area contributed by atoms with E-state index in [9.17, 15) is 9.59 Å². The molecule has 1 N–H and O–H groups in total. The van der Waals surface area contributed by atoms with Gasteiger partial charge in [0.15, 0.2) is 0 Å². The van der Waals surface area contributed by atoms with Crippen molar-refractivity contribution in [3.63, 3.8) is 0 Å². The first-order valence-corrected chi connectivity index (χ1v) is 19.1. The number of carbonyl (C=O) groups is 2. The topological polar surface area (TPSA) is 139 Å². The number of aromatic nitrogens is 6. The molecule has 0 aliphatic carbocycles. The quantitative estimate of drug-likeness (QED) is 0.134. The van der Waals surface area contributed by atoms with Crippen LogP contribution in [0.1, 0.15) is 85.0 Å². The van der Waals surface area contributed by atoms with Crippen LogP contribution < -0.4 is 19.5 Å². The molecule has 2 aliphatic rings. The average molecular weight is 780 g/mol. The average Bonchev–Trinajstić information content (AvgIpc) is 3.94. The van der Waals surface area contributed by atoms with E-state index in [0.29, 0.717) is 48.0 Å². The zero-order valence-corrected chi connectivity index (χ0v) is 33.4. The van der Waals surface area contributed by atoms with Crippen LogP contribution in [0.3, 0.4) is 0 Å². The Balaban J connectivity index is 0.000000197. The number of halogens is 2. The number of hydrogen-bond donors (Lipinski definition) is 1. The number of amides is 2. The third-order valence-corrected chi connectivity index (χ3v) is 10.7. The second-order valence-electron chi connectivity index (χ2n) is 14.6. The van der Waals surface area contributed by atoms with Gasteiger partial charge >= 0.3 is 0 Å². The number of nitrogens with zero attached hydrogens (tertiary/aromatic N) is 7. The van der Waals surface area contributed by atoms with Crippen molar-refractivity contribution < 1.29 is 23.8 Å². The lowest BCUT2D eigenvalue weighted by Gasteiger charge is -2.26. The lowest BCUT2D eigenvalue weighted by Crippen LogP contribution is -2.31. The van der Waals surface area contributed by atoms with Crippen molar-refractivity contribution in [2.45, 2.75) is 91.6 Å². The number of hydrogen-bond acceptors (Lipinski definition) is 9. The third kappa shape index (κ3) is 8.37. The zero-order chi connectivity index (χ0) is 38.8. The molecule has 2 aliphatic heterocycles. The predicted octanol–water partition coefficient (Wildman–Crippen LogP) is 7.62. The van der Waals surface area contributed by atoms with E-state index in [1.807, 2.05) is 52.1 Å². The number of rotatable bonds is 11. The van der Waals surface area contributed by atoms with Gasteiger partial charge in [-0.25, -0.2) is 9.97 Å². The summed E-state index contributed by atoms with van der Waals surface area (Å²) in [5, 5.41) is 3.52. The second kappa shape index (κ2) is 16.4. The van der Waals surface area contributed by atoms with Crippen LogP contribution in [0.25, 0.3) is 22.1 Å². The van der Waals surface area contributed by atoms with Crippen LogP contribution in [0.4, 0.5) is 0 Å². The van der Waals surface area contributed by atoms with E-state index in [4.69, 9.17) is 37.4 Å². The molecule has 0 unspecified atom stereocenters. The maximum absolute atomic E-state index is 12.8. The normalized spacial score (nSPS) is 18.9. The van der Waals surface area contributed by atoms with Gasteiger partial charge in [0.25, 0.3) is 0 Å². The summed E-state index contributed by atoms with van der Waals surface area (Å²) < 4.78 is 21.6. The van der Waals surface area contributed by atoms with E-state index in [-0.39, 0.29) is 54.0 Å². The Labute approximate surface area is 325 Å². The summed E-state index contributed by atoms with van der Waals surface area (Å²) in [6.45, 7) is 15.6. The van der Waals surface area contributed by atoms with Crippen LogP contribution in [0, 0.1) is 11.8 Å². The van der Waals surface area contributed by atoms with E-state index in [1.165, 1.54) is 0 Å². The minimum absolute atomic E-state index is 0.0241. The second-order valence-corrected chi connectivity index (χ2v) is 15.4. The maximum atomic E-state index is 12.8. The van der Waals surface area contributed by atoms with Crippen molar-refractivity contribution in [1.29, 1.82) is 0 Å². The van der Waals surface area contributed by atoms with Crippen molar-refractivity contribution in [2.75, 3.05) is 20.2 Å². The van der Waals surface area contributed by atoms with Crippen LogP contribution in [0.15, 0.2) is 49.1 Å².